The quantitative estimate of drug-likeness (QED) is 0.633. The molecule has 0 aromatic carbocycles. The third-order valence-electron chi connectivity index (χ3n) is 3.77. The van der Waals surface area contributed by atoms with Crippen LogP contribution in [0.3, 0.4) is 0 Å². The minimum absolute atomic E-state index is 0.292. The van der Waals surface area contributed by atoms with E-state index in [2.05, 4.69) is 27.7 Å². The highest BCUT2D eigenvalue weighted by Gasteiger charge is 2.22. The minimum atomic E-state index is -0.833. The molecule has 0 saturated heterocycles. The van der Waals surface area contributed by atoms with Gasteiger partial charge in [0, 0.05) is 13.3 Å². The van der Waals surface area contributed by atoms with Crippen molar-refractivity contribution in [3.8, 4) is 0 Å². The average molecular weight is 304 g/mol. The van der Waals surface area contributed by atoms with Gasteiger partial charge in [0.1, 0.15) is 0 Å². The molecule has 4 nitrogen and oxygen atoms in total. The van der Waals surface area contributed by atoms with E-state index in [4.69, 9.17) is 15.0 Å². The Morgan fingerprint density at radius 3 is 1.38 bits per heavy atom. The van der Waals surface area contributed by atoms with Crippen molar-refractivity contribution in [2.75, 3.05) is 0 Å². The Morgan fingerprint density at radius 2 is 1.24 bits per heavy atom. The topological polar surface area (TPSA) is 74.6 Å². The molecular formula is C17H36O4. The summed E-state index contributed by atoms with van der Waals surface area (Å²) in [5.41, 5.74) is 0.677. The van der Waals surface area contributed by atoms with Gasteiger partial charge in [-0.2, -0.15) is 0 Å². The number of carboxylic acids is 2. The highest BCUT2D eigenvalue weighted by Crippen LogP contribution is 2.35. The number of carboxylic acid groups (broad SMARTS) is 2. The van der Waals surface area contributed by atoms with Crippen LogP contribution in [0.25, 0.3) is 0 Å². The van der Waals surface area contributed by atoms with Crippen LogP contribution in [0.5, 0.6) is 0 Å². The van der Waals surface area contributed by atoms with Crippen LogP contribution in [0, 0.1) is 5.41 Å². The maximum atomic E-state index is 9.60. The second-order valence-electron chi connectivity index (χ2n) is 5.33. The molecule has 0 atom stereocenters. The van der Waals surface area contributed by atoms with Gasteiger partial charge in [-0.1, -0.05) is 66.7 Å². The summed E-state index contributed by atoms with van der Waals surface area (Å²) in [6, 6.07) is 0. The third kappa shape index (κ3) is 21.4. The second kappa shape index (κ2) is 17.0. The van der Waals surface area contributed by atoms with Gasteiger partial charge < -0.3 is 10.2 Å². The van der Waals surface area contributed by atoms with Crippen molar-refractivity contribution in [1.29, 1.82) is 0 Å². The zero-order valence-corrected chi connectivity index (χ0v) is 14.9. The van der Waals surface area contributed by atoms with E-state index >= 15 is 0 Å². The van der Waals surface area contributed by atoms with Crippen molar-refractivity contribution in [3.63, 3.8) is 0 Å². The van der Waals surface area contributed by atoms with Crippen LogP contribution >= 0.6 is 0 Å². The number of aliphatic carboxylic acids is 2. The summed E-state index contributed by atoms with van der Waals surface area (Å²) in [5.74, 6) is -1.54. The van der Waals surface area contributed by atoms with E-state index in [1.807, 2.05) is 6.92 Å². The Balaban J connectivity index is -0.000000272. The zero-order chi connectivity index (χ0) is 17.3. The van der Waals surface area contributed by atoms with Gasteiger partial charge in [-0.3, -0.25) is 9.59 Å². The molecule has 0 fully saturated rings. The first-order chi connectivity index (χ1) is 9.74. The van der Waals surface area contributed by atoms with Gasteiger partial charge in [-0.15, -0.1) is 0 Å². The molecule has 0 aliphatic rings. The largest absolute Gasteiger partial charge is 0.481 e. The van der Waals surface area contributed by atoms with Crippen molar-refractivity contribution in [1.82, 2.24) is 0 Å². The van der Waals surface area contributed by atoms with Crippen molar-refractivity contribution in [2.24, 2.45) is 5.41 Å². The molecule has 0 aromatic heterocycles. The number of hydrogen-bond donors (Lipinski definition) is 2. The van der Waals surface area contributed by atoms with E-state index in [0.29, 0.717) is 11.8 Å². The average Bonchev–Trinajstić information content (AvgIpc) is 2.41. The van der Waals surface area contributed by atoms with E-state index < -0.39 is 11.9 Å². The third-order valence-corrected chi connectivity index (χ3v) is 3.77. The first-order valence-corrected chi connectivity index (χ1v) is 8.16. The van der Waals surface area contributed by atoms with E-state index in [1.165, 1.54) is 38.5 Å². The predicted octanol–water partition coefficient (Wildman–Crippen LogP) is 5.36. The van der Waals surface area contributed by atoms with Crippen molar-refractivity contribution in [2.45, 2.75) is 92.9 Å². The highest BCUT2D eigenvalue weighted by atomic mass is 16.4. The smallest absolute Gasteiger partial charge is 0.303 e. The van der Waals surface area contributed by atoms with Gasteiger partial charge in [0.05, 0.1) is 0 Å². The standard InChI is InChI=1S/C11H24.C4H8O2.C2H4O2/c1-5-9-10-11(6-2,7-3)8-4;1-2-3-4(5)6;1-2(3)4/h5-10H2,1-4H3;2-3H2,1H3,(H,5,6);1H3,(H,3,4). The van der Waals surface area contributed by atoms with Gasteiger partial charge in [-0.05, 0) is 18.3 Å². The summed E-state index contributed by atoms with van der Waals surface area (Å²) < 4.78 is 0. The van der Waals surface area contributed by atoms with Crippen LogP contribution < -0.4 is 0 Å². The fourth-order valence-electron chi connectivity index (χ4n) is 2.05. The van der Waals surface area contributed by atoms with Crippen LogP contribution in [0.2, 0.25) is 0 Å². The van der Waals surface area contributed by atoms with Crippen LogP contribution in [-0.4, -0.2) is 22.2 Å². The first-order valence-electron chi connectivity index (χ1n) is 8.16. The predicted molar refractivity (Wildman–Crippen MR) is 88.7 cm³/mol. The molecule has 0 saturated carbocycles. The van der Waals surface area contributed by atoms with Gasteiger partial charge in [0.25, 0.3) is 5.97 Å². The zero-order valence-electron chi connectivity index (χ0n) is 14.9. The molecule has 0 aliphatic carbocycles. The molecule has 0 aromatic rings. The molecule has 0 unspecified atom stereocenters. The Bertz CT molecular complexity index is 233. The van der Waals surface area contributed by atoms with Gasteiger partial charge in [-0.25, -0.2) is 0 Å². The molecule has 128 valence electrons. The summed E-state index contributed by atoms with van der Waals surface area (Å²) in [4.78, 5) is 18.6. The first kappa shape index (κ1) is 24.9. The molecule has 0 amide bonds. The van der Waals surface area contributed by atoms with Crippen molar-refractivity contribution >= 4 is 11.9 Å². The monoisotopic (exact) mass is 304 g/mol. The lowest BCUT2D eigenvalue weighted by molar-refractivity contribution is -0.137. The second-order valence-corrected chi connectivity index (χ2v) is 5.33. The molecule has 0 aliphatic heterocycles. The fraction of sp³-hybridized carbons (Fsp3) is 0.882. The van der Waals surface area contributed by atoms with Crippen LogP contribution in [0.4, 0.5) is 0 Å². The molecule has 0 rings (SSSR count). The molecule has 0 heterocycles. The number of hydrogen-bond acceptors (Lipinski definition) is 2. The maximum absolute atomic E-state index is 9.60. The van der Waals surface area contributed by atoms with E-state index in [-0.39, 0.29) is 0 Å². The van der Waals surface area contributed by atoms with E-state index in [1.54, 1.807) is 0 Å². The lowest BCUT2D eigenvalue weighted by Gasteiger charge is -2.30. The summed E-state index contributed by atoms with van der Waals surface area (Å²) in [6.07, 6.45) is 9.31. The van der Waals surface area contributed by atoms with Gasteiger partial charge in [0.15, 0.2) is 0 Å². The Hall–Kier alpha value is -1.06. The SMILES string of the molecule is CC(=O)O.CCCC(=O)O.CCCCC(CC)(CC)CC. The summed E-state index contributed by atoms with van der Waals surface area (Å²) in [7, 11) is 0. The molecule has 21 heavy (non-hydrogen) atoms. The lowest BCUT2D eigenvalue weighted by atomic mass is 9.76. The molecule has 2 N–H and O–H groups in total. The van der Waals surface area contributed by atoms with E-state index in [0.717, 1.165) is 13.3 Å². The molecule has 0 bridgehead atoms. The summed E-state index contributed by atoms with van der Waals surface area (Å²) in [6.45, 7) is 12.2. The summed E-state index contributed by atoms with van der Waals surface area (Å²) in [5, 5.41) is 15.3. The minimum Gasteiger partial charge on any atom is -0.481 e. The van der Waals surface area contributed by atoms with Gasteiger partial charge >= 0.3 is 5.97 Å². The van der Waals surface area contributed by atoms with Crippen LogP contribution in [0.15, 0.2) is 0 Å². The Kier molecular flexibility index (Phi) is 20.2. The number of carbonyl (C=O) groups is 2. The van der Waals surface area contributed by atoms with E-state index in [9.17, 15) is 4.79 Å². The normalized spacial score (nSPS) is 9.81. The van der Waals surface area contributed by atoms with Crippen LogP contribution in [0.1, 0.15) is 92.9 Å². The number of unbranched alkanes of at least 4 members (excludes halogenated alkanes) is 1. The lowest BCUT2D eigenvalue weighted by Crippen LogP contribution is -2.17. The Labute approximate surface area is 131 Å². The fourth-order valence-corrected chi connectivity index (χ4v) is 2.05. The highest BCUT2D eigenvalue weighted by molar-refractivity contribution is 5.66. The molecule has 0 spiro atoms. The molecule has 0 radical (unpaired) electrons. The van der Waals surface area contributed by atoms with Crippen LogP contribution in [-0.2, 0) is 9.59 Å². The molecular weight excluding hydrogens is 268 g/mol. The summed E-state index contributed by atoms with van der Waals surface area (Å²) >= 11 is 0. The molecule has 4 heteroatoms. The van der Waals surface area contributed by atoms with Crippen molar-refractivity contribution < 1.29 is 19.8 Å². The van der Waals surface area contributed by atoms with Crippen molar-refractivity contribution in [3.05, 3.63) is 0 Å². The van der Waals surface area contributed by atoms with Gasteiger partial charge in [0.2, 0.25) is 0 Å². The Morgan fingerprint density at radius 1 is 0.857 bits per heavy atom. The maximum Gasteiger partial charge on any atom is 0.303 e. The number of rotatable bonds is 8.